The topological polar surface area (TPSA) is 110 Å². The summed E-state index contributed by atoms with van der Waals surface area (Å²) in [5.74, 6) is -0.0962. The first-order valence-electron chi connectivity index (χ1n) is 10.7. The third-order valence-electron chi connectivity index (χ3n) is 4.46. The van der Waals surface area contributed by atoms with Crippen LogP contribution < -0.4 is 10.6 Å². The van der Waals surface area contributed by atoms with Crippen LogP contribution in [0.1, 0.15) is 55.9 Å². The molecule has 0 bridgehead atoms. The summed E-state index contributed by atoms with van der Waals surface area (Å²) in [7, 11) is 0. The number of aromatic nitrogens is 1. The number of benzene rings is 1. The summed E-state index contributed by atoms with van der Waals surface area (Å²) in [6.07, 6.45) is 0.787. The zero-order valence-electron chi connectivity index (χ0n) is 18.9. The Labute approximate surface area is 193 Å². The molecule has 0 saturated heterocycles. The number of hydrogen-bond donors (Lipinski definition) is 3. The molecule has 0 saturated carbocycles. The molecule has 2 amide bonds. The van der Waals surface area contributed by atoms with E-state index in [2.05, 4.69) is 15.6 Å². The Morgan fingerprint density at radius 3 is 2.59 bits per heavy atom. The summed E-state index contributed by atoms with van der Waals surface area (Å²) in [6.45, 7) is 6.84. The van der Waals surface area contributed by atoms with Crippen molar-refractivity contribution in [1.29, 1.82) is 0 Å². The molecular formula is C23H33N3O5S. The SMILES string of the molecule is CC(C)(C)C(=O)N[C@H](COCc1ccccc1)c1nc(COC(=O)NCCCCO)cs1. The van der Waals surface area contributed by atoms with E-state index in [-0.39, 0.29) is 25.7 Å². The number of carbonyl (C=O) groups is 2. The number of thiazole rings is 1. The van der Waals surface area contributed by atoms with E-state index in [1.54, 1.807) is 0 Å². The van der Waals surface area contributed by atoms with Gasteiger partial charge in [0.05, 0.1) is 18.9 Å². The summed E-state index contributed by atoms with van der Waals surface area (Å²) in [4.78, 5) is 28.9. The van der Waals surface area contributed by atoms with Crippen molar-refractivity contribution in [3.63, 3.8) is 0 Å². The van der Waals surface area contributed by atoms with Gasteiger partial charge in [0.15, 0.2) is 0 Å². The number of nitrogens with one attached hydrogen (secondary N) is 2. The highest BCUT2D eigenvalue weighted by Gasteiger charge is 2.26. The predicted molar refractivity (Wildman–Crippen MR) is 123 cm³/mol. The third-order valence-corrected chi connectivity index (χ3v) is 5.46. The third kappa shape index (κ3) is 9.33. The van der Waals surface area contributed by atoms with Crippen molar-refractivity contribution >= 4 is 23.3 Å². The van der Waals surface area contributed by atoms with E-state index in [1.807, 2.05) is 56.5 Å². The molecule has 0 radical (unpaired) electrons. The van der Waals surface area contributed by atoms with E-state index >= 15 is 0 Å². The lowest BCUT2D eigenvalue weighted by Crippen LogP contribution is -2.39. The second-order valence-corrected chi connectivity index (χ2v) is 9.28. The molecule has 176 valence electrons. The van der Waals surface area contributed by atoms with Gasteiger partial charge in [0, 0.05) is 23.9 Å². The van der Waals surface area contributed by atoms with Gasteiger partial charge in [-0.05, 0) is 18.4 Å². The molecule has 0 unspecified atom stereocenters. The van der Waals surface area contributed by atoms with Gasteiger partial charge in [0.2, 0.25) is 5.91 Å². The van der Waals surface area contributed by atoms with Crippen LogP contribution in [0.3, 0.4) is 0 Å². The van der Waals surface area contributed by atoms with E-state index < -0.39 is 17.6 Å². The van der Waals surface area contributed by atoms with Crippen LogP contribution in [0.15, 0.2) is 35.7 Å². The molecule has 1 aromatic heterocycles. The molecule has 8 nitrogen and oxygen atoms in total. The molecule has 3 N–H and O–H groups in total. The average Bonchev–Trinajstić information content (AvgIpc) is 3.23. The van der Waals surface area contributed by atoms with Crippen molar-refractivity contribution in [3.8, 4) is 0 Å². The minimum atomic E-state index is -0.547. The molecule has 0 aliphatic heterocycles. The molecular weight excluding hydrogens is 430 g/mol. The van der Waals surface area contributed by atoms with Crippen LogP contribution in [0, 0.1) is 5.41 Å². The maximum absolute atomic E-state index is 12.6. The molecule has 1 aromatic carbocycles. The van der Waals surface area contributed by atoms with E-state index in [0.29, 0.717) is 36.7 Å². The van der Waals surface area contributed by atoms with Crippen molar-refractivity contribution in [2.75, 3.05) is 19.8 Å². The Kier molecular flexibility index (Phi) is 10.6. The minimum Gasteiger partial charge on any atom is -0.443 e. The van der Waals surface area contributed by atoms with Gasteiger partial charge < -0.3 is 25.2 Å². The van der Waals surface area contributed by atoms with E-state index in [9.17, 15) is 9.59 Å². The summed E-state index contributed by atoms with van der Waals surface area (Å²) in [6, 6.07) is 9.41. The summed E-state index contributed by atoms with van der Waals surface area (Å²) in [5, 5.41) is 16.9. The van der Waals surface area contributed by atoms with Gasteiger partial charge in [-0.25, -0.2) is 9.78 Å². The highest BCUT2D eigenvalue weighted by molar-refractivity contribution is 7.09. The van der Waals surface area contributed by atoms with E-state index in [0.717, 1.165) is 5.56 Å². The van der Waals surface area contributed by atoms with Crippen LogP contribution in [0.4, 0.5) is 4.79 Å². The van der Waals surface area contributed by atoms with Crippen LogP contribution in [0.5, 0.6) is 0 Å². The number of rotatable bonds is 12. The fraction of sp³-hybridized carbons (Fsp3) is 0.522. The first-order valence-corrected chi connectivity index (χ1v) is 11.6. The number of aliphatic hydroxyl groups excluding tert-OH is 1. The molecule has 1 atom stereocenters. The van der Waals surface area contributed by atoms with Crippen molar-refractivity contribution in [1.82, 2.24) is 15.6 Å². The van der Waals surface area contributed by atoms with Gasteiger partial charge in [-0.3, -0.25) is 4.79 Å². The van der Waals surface area contributed by atoms with Gasteiger partial charge in [0.25, 0.3) is 0 Å². The van der Waals surface area contributed by atoms with E-state index in [4.69, 9.17) is 14.6 Å². The molecule has 32 heavy (non-hydrogen) atoms. The standard InChI is InChI=1S/C23H33N3O5S/c1-23(2,3)21(28)26-19(15-30-13-17-9-5-4-6-10-17)20-25-18(16-32-20)14-31-22(29)24-11-7-8-12-27/h4-6,9-10,16,19,27H,7-8,11-15H2,1-3H3,(H,24,29)(H,26,28)/t19-/m1/s1. The largest absolute Gasteiger partial charge is 0.443 e. The maximum atomic E-state index is 12.6. The number of hydrogen-bond acceptors (Lipinski definition) is 7. The normalized spacial score (nSPS) is 12.2. The highest BCUT2D eigenvalue weighted by atomic mass is 32.1. The lowest BCUT2D eigenvalue weighted by Gasteiger charge is -2.23. The summed E-state index contributed by atoms with van der Waals surface area (Å²) >= 11 is 1.39. The number of aliphatic hydroxyl groups is 1. The zero-order valence-corrected chi connectivity index (χ0v) is 19.7. The number of alkyl carbamates (subject to hydrolysis) is 1. The molecule has 2 rings (SSSR count). The second-order valence-electron chi connectivity index (χ2n) is 8.39. The lowest BCUT2D eigenvalue weighted by molar-refractivity contribution is -0.129. The molecule has 0 aliphatic carbocycles. The van der Waals surface area contributed by atoms with Crippen molar-refractivity contribution in [3.05, 3.63) is 52.0 Å². The van der Waals surface area contributed by atoms with Gasteiger partial charge in [-0.1, -0.05) is 51.1 Å². The Morgan fingerprint density at radius 1 is 1.16 bits per heavy atom. The zero-order chi connectivity index (χ0) is 23.4. The second kappa shape index (κ2) is 13.1. The fourth-order valence-electron chi connectivity index (χ4n) is 2.59. The number of ether oxygens (including phenoxy) is 2. The number of carbonyl (C=O) groups excluding carboxylic acids is 2. The quantitative estimate of drug-likeness (QED) is 0.415. The predicted octanol–water partition coefficient (Wildman–Crippen LogP) is 3.56. The number of amides is 2. The smallest absolute Gasteiger partial charge is 0.407 e. The average molecular weight is 464 g/mol. The fourth-order valence-corrected chi connectivity index (χ4v) is 3.42. The van der Waals surface area contributed by atoms with Crippen LogP contribution in [-0.2, 0) is 27.5 Å². The van der Waals surface area contributed by atoms with Gasteiger partial charge in [-0.2, -0.15) is 0 Å². The number of unbranched alkanes of at least 4 members (excludes halogenated alkanes) is 1. The first-order chi connectivity index (χ1) is 15.3. The highest BCUT2D eigenvalue weighted by Crippen LogP contribution is 2.22. The molecule has 0 fully saturated rings. The lowest BCUT2D eigenvalue weighted by atomic mass is 9.95. The Bertz CT molecular complexity index is 836. The molecule has 2 aromatic rings. The Morgan fingerprint density at radius 2 is 1.91 bits per heavy atom. The first kappa shape index (κ1) is 25.8. The van der Waals surface area contributed by atoms with Crippen LogP contribution in [0.25, 0.3) is 0 Å². The molecule has 0 spiro atoms. The van der Waals surface area contributed by atoms with Crippen molar-refractivity contribution in [2.24, 2.45) is 5.41 Å². The summed E-state index contributed by atoms with van der Waals surface area (Å²) in [5.41, 5.74) is 1.11. The van der Waals surface area contributed by atoms with Gasteiger partial charge in [-0.15, -0.1) is 11.3 Å². The van der Waals surface area contributed by atoms with Crippen molar-refractivity contribution < 1.29 is 24.2 Å². The Balaban J connectivity index is 1.93. The molecule has 1 heterocycles. The summed E-state index contributed by atoms with van der Waals surface area (Å²) < 4.78 is 11.0. The maximum Gasteiger partial charge on any atom is 0.407 e. The van der Waals surface area contributed by atoms with Crippen LogP contribution in [0.2, 0.25) is 0 Å². The van der Waals surface area contributed by atoms with E-state index in [1.165, 1.54) is 11.3 Å². The molecule has 9 heteroatoms. The number of nitrogens with zero attached hydrogens (tertiary/aromatic N) is 1. The minimum absolute atomic E-state index is 0.0349. The van der Waals surface area contributed by atoms with Crippen LogP contribution >= 0.6 is 11.3 Å². The van der Waals surface area contributed by atoms with Crippen molar-refractivity contribution in [2.45, 2.75) is 52.9 Å². The van der Waals surface area contributed by atoms with Crippen LogP contribution in [-0.4, -0.2) is 41.8 Å². The van der Waals surface area contributed by atoms with Gasteiger partial charge >= 0.3 is 6.09 Å². The monoisotopic (exact) mass is 463 g/mol. The Hall–Kier alpha value is -2.49. The van der Waals surface area contributed by atoms with Gasteiger partial charge in [0.1, 0.15) is 17.7 Å². The molecule has 0 aliphatic rings.